The first-order valence-electron chi connectivity index (χ1n) is 6.52. The van der Waals surface area contributed by atoms with E-state index in [1.165, 1.54) is 12.8 Å². The lowest BCUT2D eigenvalue weighted by atomic mass is 10.2. The fourth-order valence-corrected chi connectivity index (χ4v) is 2.52. The van der Waals surface area contributed by atoms with E-state index in [0.29, 0.717) is 15.7 Å². The standard InChI is InChI=1S/C14H17ClN2OS/c15-12-7-5-11(6-8-12)13(18)16-14(19)17-9-3-1-2-4-10-17/h5-8H,1-4,9-10H2,(H,16,18,19). The molecule has 0 saturated carbocycles. The Bertz CT molecular complexity index is 453. The number of halogens is 1. The molecule has 1 saturated heterocycles. The minimum atomic E-state index is -0.175. The van der Waals surface area contributed by atoms with Crippen LogP contribution < -0.4 is 5.32 Å². The van der Waals surface area contributed by atoms with Gasteiger partial charge in [-0.25, -0.2) is 0 Å². The molecule has 1 aliphatic rings. The molecule has 5 heteroatoms. The molecule has 0 atom stereocenters. The molecule has 3 nitrogen and oxygen atoms in total. The van der Waals surface area contributed by atoms with Crippen LogP contribution in [0.2, 0.25) is 5.02 Å². The van der Waals surface area contributed by atoms with Crippen LogP contribution in [0.4, 0.5) is 0 Å². The van der Waals surface area contributed by atoms with Crippen molar-refractivity contribution >= 4 is 34.8 Å². The minimum absolute atomic E-state index is 0.175. The molecule has 19 heavy (non-hydrogen) atoms. The smallest absolute Gasteiger partial charge is 0.257 e. The summed E-state index contributed by atoms with van der Waals surface area (Å²) in [7, 11) is 0. The minimum Gasteiger partial charge on any atom is -0.349 e. The molecule has 0 aromatic heterocycles. The van der Waals surface area contributed by atoms with Crippen LogP contribution >= 0.6 is 23.8 Å². The molecule has 1 amide bonds. The van der Waals surface area contributed by atoms with Gasteiger partial charge in [-0.3, -0.25) is 10.1 Å². The molecule has 1 heterocycles. The van der Waals surface area contributed by atoms with Crippen molar-refractivity contribution in [3.8, 4) is 0 Å². The first-order valence-corrected chi connectivity index (χ1v) is 7.31. The molecule has 0 spiro atoms. The van der Waals surface area contributed by atoms with E-state index in [1.807, 2.05) is 0 Å². The SMILES string of the molecule is O=C(NC(=S)N1CCCCCC1)c1ccc(Cl)cc1. The number of carbonyl (C=O) groups excluding carboxylic acids is 1. The Morgan fingerprint density at radius 2 is 1.68 bits per heavy atom. The predicted molar refractivity (Wildman–Crippen MR) is 81.6 cm³/mol. The molecular formula is C14H17ClN2OS. The zero-order chi connectivity index (χ0) is 13.7. The van der Waals surface area contributed by atoms with Gasteiger partial charge in [0.15, 0.2) is 5.11 Å². The summed E-state index contributed by atoms with van der Waals surface area (Å²) in [5, 5.41) is 3.94. The van der Waals surface area contributed by atoms with Crippen molar-refractivity contribution in [3.63, 3.8) is 0 Å². The van der Waals surface area contributed by atoms with Crippen LogP contribution in [0.5, 0.6) is 0 Å². The number of nitrogens with zero attached hydrogens (tertiary/aromatic N) is 1. The summed E-state index contributed by atoms with van der Waals surface area (Å²) in [4.78, 5) is 14.1. The van der Waals surface area contributed by atoms with Gasteiger partial charge in [0.2, 0.25) is 0 Å². The number of nitrogens with one attached hydrogen (secondary N) is 1. The fourth-order valence-electron chi connectivity index (χ4n) is 2.12. The Kier molecular flexibility index (Phi) is 5.16. The largest absolute Gasteiger partial charge is 0.349 e. The summed E-state index contributed by atoms with van der Waals surface area (Å²) < 4.78 is 0. The van der Waals surface area contributed by atoms with Crippen molar-refractivity contribution in [2.45, 2.75) is 25.7 Å². The normalized spacial score (nSPS) is 15.7. The maximum Gasteiger partial charge on any atom is 0.257 e. The molecule has 0 bridgehead atoms. The topological polar surface area (TPSA) is 32.3 Å². The highest BCUT2D eigenvalue weighted by atomic mass is 35.5. The number of rotatable bonds is 1. The second-order valence-electron chi connectivity index (χ2n) is 4.67. The molecule has 1 N–H and O–H groups in total. The lowest BCUT2D eigenvalue weighted by molar-refractivity contribution is 0.0973. The van der Waals surface area contributed by atoms with Gasteiger partial charge in [-0.2, -0.15) is 0 Å². The van der Waals surface area contributed by atoms with E-state index < -0.39 is 0 Å². The Hall–Kier alpha value is -1.13. The van der Waals surface area contributed by atoms with E-state index in [-0.39, 0.29) is 5.91 Å². The van der Waals surface area contributed by atoms with Crippen LogP contribution in [0.3, 0.4) is 0 Å². The average Bonchev–Trinajstić information content (AvgIpc) is 2.68. The molecule has 1 fully saturated rings. The monoisotopic (exact) mass is 296 g/mol. The molecule has 0 unspecified atom stereocenters. The fraction of sp³-hybridized carbons (Fsp3) is 0.429. The molecule has 1 aromatic rings. The quantitative estimate of drug-likeness (QED) is 0.808. The van der Waals surface area contributed by atoms with Crippen molar-refractivity contribution in [1.29, 1.82) is 0 Å². The van der Waals surface area contributed by atoms with E-state index in [4.69, 9.17) is 23.8 Å². The maximum atomic E-state index is 12.0. The number of benzene rings is 1. The average molecular weight is 297 g/mol. The number of hydrogen-bond acceptors (Lipinski definition) is 2. The van der Waals surface area contributed by atoms with Crippen molar-refractivity contribution in [2.24, 2.45) is 0 Å². The third-order valence-corrected chi connectivity index (χ3v) is 3.83. The van der Waals surface area contributed by atoms with Gasteiger partial charge in [-0.15, -0.1) is 0 Å². The van der Waals surface area contributed by atoms with Crippen molar-refractivity contribution in [2.75, 3.05) is 13.1 Å². The third-order valence-electron chi connectivity index (χ3n) is 3.22. The van der Waals surface area contributed by atoms with Gasteiger partial charge in [0.25, 0.3) is 5.91 Å². The highest BCUT2D eigenvalue weighted by molar-refractivity contribution is 7.80. The zero-order valence-corrected chi connectivity index (χ0v) is 12.3. The van der Waals surface area contributed by atoms with Gasteiger partial charge in [0, 0.05) is 23.7 Å². The van der Waals surface area contributed by atoms with Crippen LogP contribution in [0.25, 0.3) is 0 Å². The van der Waals surface area contributed by atoms with Gasteiger partial charge in [-0.1, -0.05) is 24.4 Å². The molecule has 102 valence electrons. The van der Waals surface area contributed by atoms with Gasteiger partial charge in [0.05, 0.1) is 0 Å². The Morgan fingerprint density at radius 3 is 2.26 bits per heavy atom. The summed E-state index contributed by atoms with van der Waals surface area (Å²) >= 11 is 11.1. The molecular weight excluding hydrogens is 280 g/mol. The van der Waals surface area contributed by atoms with E-state index in [2.05, 4.69) is 10.2 Å². The van der Waals surface area contributed by atoms with Gasteiger partial charge >= 0.3 is 0 Å². The number of carbonyl (C=O) groups is 1. The highest BCUT2D eigenvalue weighted by Gasteiger charge is 2.15. The van der Waals surface area contributed by atoms with Gasteiger partial charge in [0.1, 0.15) is 0 Å². The Morgan fingerprint density at radius 1 is 1.11 bits per heavy atom. The maximum absolute atomic E-state index is 12.0. The second-order valence-corrected chi connectivity index (χ2v) is 5.49. The lowest BCUT2D eigenvalue weighted by Crippen LogP contribution is -2.43. The molecule has 0 radical (unpaired) electrons. The van der Waals surface area contributed by atoms with E-state index in [9.17, 15) is 4.79 Å². The predicted octanol–water partition coefficient (Wildman–Crippen LogP) is 3.23. The third kappa shape index (κ3) is 4.18. The summed E-state index contributed by atoms with van der Waals surface area (Å²) in [6.45, 7) is 1.86. The van der Waals surface area contributed by atoms with E-state index >= 15 is 0 Å². The van der Waals surface area contributed by atoms with Crippen molar-refractivity contribution in [3.05, 3.63) is 34.9 Å². The van der Waals surface area contributed by atoms with E-state index in [1.54, 1.807) is 24.3 Å². The van der Waals surface area contributed by atoms with Crippen LogP contribution in [-0.4, -0.2) is 29.0 Å². The van der Waals surface area contributed by atoms with Crippen LogP contribution in [0, 0.1) is 0 Å². The van der Waals surface area contributed by atoms with Crippen molar-refractivity contribution in [1.82, 2.24) is 10.2 Å². The van der Waals surface area contributed by atoms with Gasteiger partial charge < -0.3 is 4.90 Å². The Labute approximate surface area is 123 Å². The van der Waals surface area contributed by atoms with Crippen molar-refractivity contribution < 1.29 is 4.79 Å². The molecule has 0 aliphatic carbocycles. The number of thiocarbonyl (C=S) groups is 1. The van der Waals surface area contributed by atoms with Crippen LogP contribution in [0.15, 0.2) is 24.3 Å². The van der Waals surface area contributed by atoms with E-state index in [0.717, 1.165) is 25.9 Å². The van der Waals surface area contributed by atoms with Crippen LogP contribution in [-0.2, 0) is 0 Å². The molecule has 1 aromatic carbocycles. The summed E-state index contributed by atoms with van der Waals surface area (Å²) in [5.41, 5.74) is 0.571. The highest BCUT2D eigenvalue weighted by Crippen LogP contribution is 2.11. The number of amides is 1. The molecule has 1 aliphatic heterocycles. The Balaban J connectivity index is 1.94. The van der Waals surface area contributed by atoms with Gasteiger partial charge in [-0.05, 0) is 49.3 Å². The number of likely N-dealkylation sites (tertiary alicyclic amines) is 1. The summed E-state index contributed by atoms with van der Waals surface area (Å²) in [6, 6.07) is 6.79. The zero-order valence-electron chi connectivity index (χ0n) is 10.7. The van der Waals surface area contributed by atoms with Crippen LogP contribution in [0.1, 0.15) is 36.0 Å². The first kappa shape index (κ1) is 14.3. The number of hydrogen-bond donors (Lipinski definition) is 1. The summed E-state index contributed by atoms with van der Waals surface area (Å²) in [6.07, 6.45) is 4.75. The molecule has 2 rings (SSSR count). The second kappa shape index (κ2) is 6.87. The lowest BCUT2D eigenvalue weighted by Gasteiger charge is -2.23. The first-order chi connectivity index (χ1) is 9.16. The summed E-state index contributed by atoms with van der Waals surface area (Å²) in [5.74, 6) is -0.175.